The molecule has 0 bridgehead atoms. The number of amides is 2. The molecule has 1 N–H and O–H groups in total. The summed E-state index contributed by atoms with van der Waals surface area (Å²) in [7, 11) is 0. The molecule has 0 saturated heterocycles. The summed E-state index contributed by atoms with van der Waals surface area (Å²) in [6.07, 6.45) is 1.09. The van der Waals surface area contributed by atoms with Crippen molar-refractivity contribution in [3.63, 3.8) is 0 Å². The summed E-state index contributed by atoms with van der Waals surface area (Å²) in [5.74, 6) is -0.225. The maximum absolute atomic E-state index is 13.2. The summed E-state index contributed by atoms with van der Waals surface area (Å²) < 4.78 is 0. The zero-order chi connectivity index (χ0) is 21.6. The summed E-state index contributed by atoms with van der Waals surface area (Å²) in [5.41, 5.74) is 4.10. The lowest BCUT2D eigenvalue weighted by atomic mass is 10.0. The third-order valence-corrected chi connectivity index (χ3v) is 5.28. The van der Waals surface area contributed by atoms with Crippen LogP contribution < -0.4 is 5.32 Å². The van der Waals surface area contributed by atoms with Crippen molar-refractivity contribution in [3.8, 4) is 0 Å². The number of nitrogens with zero attached hydrogens (tertiary/aromatic N) is 1. The second kappa shape index (κ2) is 10.4. The van der Waals surface area contributed by atoms with Crippen LogP contribution in [0, 0.1) is 13.8 Å². The monoisotopic (exact) mass is 414 g/mol. The van der Waals surface area contributed by atoms with E-state index in [1.165, 1.54) is 0 Å². The molecule has 5 heteroatoms. The van der Waals surface area contributed by atoms with E-state index in [0.717, 1.165) is 28.7 Å². The number of hydrogen-bond donors (Lipinski definition) is 1. The first kappa shape index (κ1) is 23.0. The minimum Gasteiger partial charge on any atom is -0.352 e. The van der Waals surface area contributed by atoms with Gasteiger partial charge in [0, 0.05) is 17.6 Å². The van der Waals surface area contributed by atoms with E-state index in [0.29, 0.717) is 11.6 Å². The fraction of sp³-hybridized carbons (Fsp3) is 0.417. The Morgan fingerprint density at radius 2 is 1.69 bits per heavy atom. The van der Waals surface area contributed by atoms with Gasteiger partial charge in [0.1, 0.15) is 6.04 Å². The van der Waals surface area contributed by atoms with Crippen LogP contribution in [0.4, 0.5) is 0 Å². The van der Waals surface area contributed by atoms with Crippen molar-refractivity contribution in [2.24, 2.45) is 0 Å². The Balaban J connectivity index is 2.26. The Kier molecular flexibility index (Phi) is 8.27. The van der Waals surface area contributed by atoms with E-state index in [-0.39, 0.29) is 24.3 Å². The van der Waals surface area contributed by atoms with Crippen LogP contribution in [0.25, 0.3) is 0 Å². The Morgan fingerprint density at radius 1 is 1.03 bits per heavy atom. The molecule has 29 heavy (non-hydrogen) atoms. The van der Waals surface area contributed by atoms with E-state index in [1.807, 2.05) is 58.0 Å². The lowest BCUT2D eigenvalue weighted by Crippen LogP contribution is -2.49. The molecule has 0 heterocycles. The molecule has 0 spiro atoms. The first-order valence-electron chi connectivity index (χ1n) is 10.1. The second-order valence-corrected chi connectivity index (χ2v) is 8.25. The zero-order valence-corrected chi connectivity index (χ0v) is 18.7. The van der Waals surface area contributed by atoms with Gasteiger partial charge in [-0.25, -0.2) is 0 Å². The van der Waals surface area contributed by atoms with Crippen LogP contribution in [0.15, 0.2) is 42.5 Å². The van der Waals surface area contributed by atoms with Crippen molar-refractivity contribution in [2.75, 3.05) is 0 Å². The van der Waals surface area contributed by atoms with Crippen molar-refractivity contribution >= 4 is 23.4 Å². The number of halogens is 1. The van der Waals surface area contributed by atoms with Gasteiger partial charge >= 0.3 is 0 Å². The number of carbonyl (C=O) groups excluding carboxylic acids is 2. The first-order valence-corrected chi connectivity index (χ1v) is 10.5. The zero-order valence-electron chi connectivity index (χ0n) is 18.0. The molecule has 0 aliphatic carbocycles. The summed E-state index contributed by atoms with van der Waals surface area (Å²) in [6, 6.07) is 13.0. The molecule has 2 aromatic rings. The van der Waals surface area contributed by atoms with Gasteiger partial charge in [0.25, 0.3) is 0 Å². The predicted octanol–water partition coefficient (Wildman–Crippen LogP) is 4.83. The van der Waals surface area contributed by atoms with Crippen molar-refractivity contribution in [1.29, 1.82) is 0 Å². The smallest absolute Gasteiger partial charge is 0.242 e. The van der Waals surface area contributed by atoms with Gasteiger partial charge in [0.2, 0.25) is 11.8 Å². The van der Waals surface area contributed by atoms with Gasteiger partial charge in [-0.1, -0.05) is 60.0 Å². The molecule has 156 valence electrons. The quantitative estimate of drug-likeness (QED) is 0.672. The number of aryl methyl sites for hydroxylation is 2. The van der Waals surface area contributed by atoms with Crippen molar-refractivity contribution in [1.82, 2.24) is 10.2 Å². The van der Waals surface area contributed by atoms with Gasteiger partial charge in [0.05, 0.1) is 6.42 Å². The molecule has 0 unspecified atom stereocenters. The summed E-state index contributed by atoms with van der Waals surface area (Å²) in [6.45, 7) is 10.1. The Morgan fingerprint density at radius 3 is 2.28 bits per heavy atom. The molecule has 0 radical (unpaired) electrons. The highest BCUT2D eigenvalue weighted by Crippen LogP contribution is 2.17. The lowest BCUT2D eigenvalue weighted by Gasteiger charge is -2.30. The van der Waals surface area contributed by atoms with Crippen LogP contribution in [0.5, 0.6) is 0 Å². The molecule has 4 nitrogen and oxygen atoms in total. The molecule has 2 atom stereocenters. The van der Waals surface area contributed by atoms with Crippen LogP contribution in [0.1, 0.15) is 49.4 Å². The first-order chi connectivity index (χ1) is 13.7. The highest BCUT2D eigenvalue weighted by atomic mass is 35.5. The van der Waals surface area contributed by atoms with E-state index in [9.17, 15) is 9.59 Å². The number of hydrogen-bond acceptors (Lipinski definition) is 2. The molecule has 0 aliphatic heterocycles. The molecule has 0 fully saturated rings. The van der Waals surface area contributed by atoms with Crippen LogP contribution in [-0.2, 0) is 22.6 Å². The van der Waals surface area contributed by atoms with Gasteiger partial charge in [-0.2, -0.15) is 0 Å². The molecule has 0 aromatic heterocycles. The van der Waals surface area contributed by atoms with Gasteiger partial charge in [-0.05, 0) is 57.4 Å². The Hall–Kier alpha value is -2.33. The van der Waals surface area contributed by atoms with Crippen LogP contribution >= 0.6 is 11.6 Å². The summed E-state index contributed by atoms with van der Waals surface area (Å²) >= 11 is 6.12. The standard InChI is InChI=1S/C24H31ClN2O2/c1-6-18(4)26-24(29)19(5)27(15-20-8-7-9-22(25)13-20)23(28)14-21-11-16(2)10-17(3)12-21/h7-13,18-19H,6,14-15H2,1-5H3,(H,26,29)/t18-,19+/m1/s1. The minimum atomic E-state index is -0.582. The maximum atomic E-state index is 13.2. The Bertz CT molecular complexity index is 845. The van der Waals surface area contributed by atoms with Crippen LogP contribution in [-0.4, -0.2) is 28.8 Å². The van der Waals surface area contributed by atoms with Crippen molar-refractivity contribution in [2.45, 2.75) is 66.1 Å². The largest absolute Gasteiger partial charge is 0.352 e. The van der Waals surface area contributed by atoms with Crippen molar-refractivity contribution in [3.05, 3.63) is 69.7 Å². The average molecular weight is 415 g/mol. The molecule has 0 aliphatic rings. The van der Waals surface area contributed by atoms with Crippen LogP contribution in [0.2, 0.25) is 5.02 Å². The molecule has 0 saturated carbocycles. The van der Waals surface area contributed by atoms with E-state index in [2.05, 4.69) is 11.4 Å². The SMILES string of the molecule is CC[C@@H](C)NC(=O)[C@H](C)N(Cc1cccc(Cl)c1)C(=O)Cc1cc(C)cc(C)c1. The molecular weight excluding hydrogens is 384 g/mol. The second-order valence-electron chi connectivity index (χ2n) is 7.82. The average Bonchev–Trinajstić information content (AvgIpc) is 2.64. The van der Waals surface area contributed by atoms with Crippen molar-refractivity contribution < 1.29 is 9.59 Å². The summed E-state index contributed by atoms with van der Waals surface area (Å²) in [5, 5.41) is 3.60. The predicted molar refractivity (Wildman–Crippen MR) is 119 cm³/mol. The van der Waals surface area contributed by atoms with Gasteiger partial charge in [-0.15, -0.1) is 0 Å². The Labute approximate surface area is 179 Å². The fourth-order valence-electron chi connectivity index (χ4n) is 3.33. The topological polar surface area (TPSA) is 49.4 Å². The number of nitrogens with one attached hydrogen (secondary N) is 1. The molecule has 2 aromatic carbocycles. The maximum Gasteiger partial charge on any atom is 0.242 e. The van der Waals surface area contributed by atoms with Gasteiger partial charge in [-0.3, -0.25) is 9.59 Å². The highest BCUT2D eigenvalue weighted by molar-refractivity contribution is 6.30. The van der Waals surface area contributed by atoms with E-state index in [4.69, 9.17) is 11.6 Å². The third kappa shape index (κ3) is 6.90. The fourth-order valence-corrected chi connectivity index (χ4v) is 3.54. The van der Waals surface area contributed by atoms with Gasteiger partial charge in [0.15, 0.2) is 0 Å². The van der Waals surface area contributed by atoms with Gasteiger partial charge < -0.3 is 10.2 Å². The third-order valence-electron chi connectivity index (χ3n) is 5.05. The van der Waals surface area contributed by atoms with E-state index in [1.54, 1.807) is 17.9 Å². The van der Waals surface area contributed by atoms with E-state index >= 15 is 0 Å². The number of carbonyl (C=O) groups is 2. The summed E-state index contributed by atoms with van der Waals surface area (Å²) in [4.78, 5) is 27.6. The minimum absolute atomic E-state index is 0.0625. The van der Waals surface area contributed by atoms with Crippen LogP contribution in [0.3, 0.4) is 0 Å². The highest BCUT2D eigenvalue weighted by Gasteiger charge is 2.27. The van der Waals surface area contributed by atoms with E-state index < -0.39 is 6.04 Å². The molecule has 2 rings (SSSR count). The molecule has 2 amide bonds. The molecular formula is C24H31ClN2O2. The number of benzene rings is 2. The normalized spacial score (nSPS) is 12.9. The number of rotatable bonds is 8. The lowest BCUT2D eigenvalue weighted by molar-refractivity contribution is -0.140.